The average Bonchev–Trinajstić information content (AvgIpc) is 3.02. The number of aromatic amines is 1. The number of fused-ring (bicyclic) bond motifs is 1. The van der Waals surface area contributed by atoms with Crippen molar-refractivity contribution >= 4 is 22.6 Å². The van der Waals surface area contributed by atoms with E-state index >= 15 is 0 Å². The Kier molecular flexibility index (Phi) is 5.11. The van der Waals surface area contributed by atoms with Crippen LogP contribution >= 0.6 is 0 Å². The van der Waals surface area contributed by atoms with Crippen molar-refractivity contribution in [2.45, 2.75) is 39.8 Å². The maximum Gasteiger partial charge on any atom is 0.330 e. The highest BCUT2D eigenvalue weighted by Crippen LogP contribution is 2.21. The molecule has 0 unspecified atom stereocenters. The molecule has 0 atom stereocenters. The van der Waals surface area contributed by atoms with Gasteiger partial charge in [-0.15, -0.1) is 0 Å². The number of H-pyrrole nitrogens is 1. The second kappa shape index (κ2) is 7.47. The summed E-state index contributed by atoms with van der Waals surface area (Å²) < 4.78 is 7.16. The first-order chi connectivity index (χ1) is 12.5. The number of hydrogen-bond acceptors (Lipinski definition) is 6. The number of nitrogens with two attached hydrogens (primary N) is 1. The summed E-state index contributed by atoms with van der Waals surface area (Å²) in [6, 6.07) is 7.47. The molecule has 3 aromatic rings. The van der Waals surface area contributed by atoms with Crippen molar-refractivity contribution in [2.75, 3.05) is 17.2 Å². The number of oxazole rings is 1. The first-order valence-electron chi connectivity index (χ1n) is 8.77. The maximum absolute atomic E-state index is 12.4. The van der Waals surface area contributed by atoms with Crippen LogP contribution in [-0.4, -0.2) is 21.1 Å². The van der Waals surface area contributed by atoms with Gasteiger partial charge in [-0.1, -0.05) is 25.5 Å². The number of para-hydroxylation sites is 2. The van der Waals surface area contributed by atoms with E-state index in [0.717, 1.165) is 18.4 Å². The van der Waals surface area contributed by atoms with Gasteiger partial charge in [0.1, 0.15) is 17.0 Å². The Labute approximate surface area is 150 Å². The number of rotatable bonds is 7. The number of nitrogen functional groups attached to an aromatic ring is 1. The van der Waals surface area contributed by atoms with Crippen LogP contribution in [0, 0.1) is 0 Å². The molecule has 0 saturated heterocycles. The second-order valence-corrected chi connectivity index (χ2v) is 6.09. The van der Waals surface area contributed by atoms with Gasteiger partial charge in [0.25, 0.3) is 5.56 Å². The first-order valence-corrected chi connectivity index (χ1v) is 8.77. The Hall–Kier alpha value is -3.03. The summed E-state index contributed by atoms with van der Waals surface area (Å²) in [7, 11) is 0. The highest BCUT2D eigenvalue weighted by atomic mass is 16.3. The lowest BCUT2D eigenvalue weighted by atomic mass is 10.3. The monoisotopic (exact) mass is 357 g/mol. The lowest BCUT2D eigenvalue weighted by Crippen LogP contribution is -2.38. The molecule has 3 N–H and O–H groups in total. The number of nitrogens with zero attached hydrogens (tertiary/aromatic N) is 3. The number of unbranched alkanes of at least 4 members (excludes halogenated alkanes) is 1. The van der Waals surface area contributed by atoms with E-state index in [1.165, 1.54) is 4.57 Å². The molecule has 0 aliphatic carbocycles. The molecule has 2 aromatic heterocycles. The Bertz CT molecular complexity index is 985. The Morgan fingerprint density at radius 1 is 1.27 bits per heavy atom. The molecule has 8 heteroatoms. The fourth-order valence-corrected chi connectivity index (χ4v) is 2.92. The van der Waals surface area contributed by atoms with Gasteiger partial charge in [-0.2, -0.15) is 0 Å². The largest absolute Gasteiger partial charge is 0.439 e. The van der Waals surface area contributed by atoms with Crippen LogP contribution in [0.1, 0.15) is 32.6 Å². The van der Waals surface area contributed by atoms with E-state index in [1.54, 1.807) is 4.90 Å². The molecule has 0 spiro atoms. The summed E-state index contributed by atoms with van der Waals surface area (Å²) in [5.74, 6) is 0.656. The van der Waals surface area contributed by atoms with Crippen LogP contribution in [0.4, 0.5) is 11.5 Å². The first kappa shape index (κ1) is 17.8. The molecule has 1 aromatic carbocycles. The molecule has 8 nitrogen and oxygen atoms in total. The third-order valence-electron chi connectivity index (χ3n) is 4.31. The van der Waals surface area contributed by atoms with Crippen molar-refractivity contribution in [3.63, 3.8) is 0 Å². The molecule has 0 amide bonds. The van der Waals surface area contributed by atoms with E-state index in [2.05, 4.69) is 9.97 Å². The van der Waals surface area contributed by atoms with Crippen LogP contribution in [0.2, 0.25) is 0 Å². The third kappa shape index (κ3) is 3.35. The molecule has 0 fully saturated rings. The molecule has 2 heterocycles. The van der Waals surface area contributed by atoms with Gasteiger partial charge in [-0.3, -0.25) is 14.3 Å². The smallest absolute Gasteiger partial charge is 0.330 e. The zero-order chi connectivity index (χ0) is 18.7. The van der Waals surface area contributed by atoms with E-state index in [0.29, 0.717) is 24.6 Å². The molecule has 0 aliphatic heterocycles. The Morgan fingerprint density at radius 3 is 2.73 bits per heavy atom. The number of aromatic nitrogens is 3. The standard InChI is InChI=1S/C18H23N5O3/c1-3-5-10-23-16(19)15(17(24)21-18(23)25)22(4-2)11-14-20-12-8-6-7-9-13(12)26-14/h6-9H,3-5,10-11,19H2,1-2H3,(H,21,24,25). The van der Waals surface area contributed by atoms with Crippen molar-refractivity contribution in [3.8, 4) is 0 Å². The quantitative estimate of drug-likeness (QED) is 0.670. The number of nitrogens with one attached hydrogen (secondary N) is 1. The Balaban J connectivity index is 1.99. The van der Waals surface area contributed by atoms with Crippen molar-refractivity contribution in [1.29, 1.82) is 0 Å². The average molecular weight is 357 g/mol. The van der Waals surface area contributed by atoms with Gasteiger partial charge in [0, 0.05) is 13.1 Å². The van der Waals surface area contributed by atoms with E-state index in [9.17, 15) is 9.59 Å². The molecule has 3 rings (SSSR count). The van der Waals surface area contributed by atoms with Crippen LogP contribution < -0.4 is 21.9 Å². The SMILES string of the molecule is CCCCn1c(N)c(N(CC)Cc2nc3ccccc3o2)c(=O)[nH]c1=O. The highest BCUT2D eigenvalue weighted by Gasteiger charge is 2.19. The fourth-order valence-electron chi connectivity index (χ4n) is 2.92. The second-order valence-electron chi connectivity index (χ2n) is 6.09. The highest BCUT2D eigenvalue weighted by molar-refractivity contribution is 5.72. The molecular weight excluding hydrogens is 334 g/mol. The molecule has 0 saturated carbocycles. The number of benzene rings is 1. The summed E-state index contributed by atoms with van der Waals surface area (Å²) in [5.41, 5.74) is 6.91. The van der Waals surface area contributed by atoms with Crippen LogP contribution in [-0.2, 0) is 13.1 Å². The maximum atomic E-state index is 12.4. The van der Waals surface area contributed by atoms with Crippen LogP contribution in [0.3, 0.4) is 0 Å². The summed E-state index contributed by atoms with van der Waals surface area (Å²) >= 11 is 0. The molecule has 26 heavy (non-hydrogen) atoms. The zero-order valence-electron chi connectivity index (χ0n) is 15.0. The van der Waals surface area contributed by atoms with Crippen LogP contribution in [0.15, 0.2) is 38.3 Å². The lowest BCUT2D eigenvalue weighted by molar-refractivity contribution is 0.520. The van der Waals surface area contributed by atoms with Crippen LogP contribution in [0.25, 0.3) is 11.1 Å². The zero-order valence-corrected chi connectivity index (χ0v) is 15.0. The van der Waals surface area contributed by atoms with Gasteiger partial charge >= 0.3 is 5.69 Å². The van der Waals surface area contributed by atoms with Gasteiger partial charge in [0.05, 0.1) is 6.54 Å². The van der Waals surface area contributed by atoms with Gasteiger partial charge < -0.3 is 15.1 Å². The minimum Gasteiger partial charge on any atom is -0.439 e. The van der Waals surface area contributed by atoms with Gasteiger partial charge in [-0.05, 0) is 25.5 Å². The topological polar surface area (TPSA) is 110 Å². The summed E-state index contributed by atoms with van der Waals surface area (Å²) in [4.78, 5) is 33.1. The van der Waals surface area contributed by atoms with Crippen molar-refractivity contribution < 1.29 is 4.42 Å². The Morgan fingerprint density at radius 2 is 2.04 bits per heavy atom. The summed E-state index contributed by atoms with van der Waals surface area (Å²) in [5, 5.41) is 0. The predicted octanol–water partition coefficient (Wildman–Crippen LogP) is 2.09. The molecule has 138 valence electrons. The van der Waals surface area contributed by atoms with E-state index in [4.69, 9.17) is 10.2 Å². The summed E-state index contributed by atoms with van der Waals surface area (Å²) in [6.45, 7) is 5.19. The lowest BCUT2D eigenvalue weighted by Gasteiger charge is -2.23. The fraction of sp³-hybridized carbons (Fsp3) is 0.389. The van der Waals surface area contributed by atoms with Crippen molar-refractivity contribution in [1.82, 2.24) is 14.5 Å². The molecule has 0 aliphatic rings. The number of anilines is 2. The number of hydrogen-bond donors (Lipinski definition) is 2. The van der Waals surface area contributed by atoms with Gasteiger partial charge in [0.15, 0.2) is 5.58 Å². The predicted molar refractivity (Wildman–Crippen MR) is 101 cm³/mol. The van der Waals surface area contributed by atoms with Gasteiger partial charge in [0.2, 0.25) is 5.89 Å². The van der Waals surface area contributed by atoms with Crippen LogP contribution in [0.5, 0.6) is 0 Å². The normalized spacial score (nSPS) is 11.2. The minimum absolute atomic E-state index is 0.171. The third-order valence-corrected chi connectivity index (χ3v) is 4.31. The molecule has 0 radical (unpaired) electrons. The summed E-state index contributed by atoms with van der Waals surface area (Å²) in [6.07, 6.45) is 1.72. The van der Waals surface area contributed by atoms with E-state index in [-0.39, 0.29) is 18.1 Å². The molecular formula is C18H23N5O3. The van der Waals surface area contributed by atoms with E-state index < -0.39 is 11.2 Å². The van der Waals surface area contributed by atoms with Gasteiger partial charge in [-0.25, -0.2) is 9.78 Å². The molecule has 0 bridgehead atoms. The van der Waals surface area contributed by atoms with Crippen molar-refractivity contribution in [3.05, 3.63) is 51.0 Å². The minimum atomic E-state index is -0.502. The van der Waals surface area contributed by atoms with E-state index in [1.807, 2.05) is 38.1 Å². The van der Waals surface area contributed by atoms with Crippen molar-refractivity contribution in [2.24, 2.45) is 0 Å².